The van der Waals surface area contributed by atoms with E-state index in [1.54, 1.807) is 0 Å². The van der Waals surface area contributed by atoms with Crippen LogP contribution in [0.3, 0.4) is 0 Å². The Hall–Kier alpha value is -0.650. The van der Waals surface area contributed by atoms with Crippen molar-refractivity contribution in [2.75, 3.05) is 46.4 Å². The van der Waals surface area contributed by atoms with Crippen molar-refractivity contribution in [1.29, 1.82) is 0 Å². The van der Waals surface area contributed by atoms with Crippen LogP contribution in [0.2, 0.25) is 0 Å². The first-order valence-electron chi connectivity index (χ1n) is 7.04. The predicted molar refractivity (Wildman–Crippen MR) is 70.5 cm³/mol. The first-order valence-corrected chi connectivity index (χ1v) is 7.04. The number of likely N-dealkylation sites (N-methyl/N-ethyl adjacent to an activating group) is 1. The fourth-order valence-electron chi connectivity index (χ4n) is 2.89. The lowest BCUT2D eigenvalue weighted by Gasteiger charge is -2.43. The smallest absolute Gasteiger partial charge is 0.324 e. The number of piperazine rings is 1. The minimum absolute atomic E-state index is 0.0707. The lowest BCUT2D eigenvalue weighted by Crippen LogP contribution is -2.58. The second-order valence-corrected chi connectivity index (χ2v) is 5.22. The molecule has 5 heteroatoms. The summed E-state index contributed by atoms with van der Waals surface area (Å²) >= 11 is 0. The van der Waals surface area contributed by atoms with Gasteiger partial charge in [-0.1, -0.05) is 0 Å². The number of piperidine rings is 1. The number of carbonyl (C=O) groups is 1. The third-order valence-electron chi connectivity index (χ3n) is 4.06. The summed E-state index contributed by atoms with van der Waals surface area (Å²) in [4.78, 5) is 16.5. The summed E-state index contributed by atoms with van der Waals surface area (Å²) < 4.78 is 5.17. The fraction of sp³-hybridized carbons (Fsp3) is 0.923. The Morgan fingerprint density at radius 1 is 1.33 bits per heavy atom. The fourth-order valence-corrected chi connectivity index (χ4v) is 2.89. The molecular weight excluding hydrogens is 230 g/mol. The van der Waals surface area contributed by atoms with Crippen molar-refractivity contribution >= 4 is 5.97 Å². The van der Waals surface area contributed by atoms with Gasteiger partial charge in [-0.15, -0.1) is 0 Å². The molecule has 2 heterocycles. The first-order chi connectivity index (χ1) is 8.72. The monoisotopic (exact) mass is 255 g/mol. The van der Waals surface area contributed by atoms with E-state index in [4.69, 9.17) is 4.74 Å². The molecule has 0 aromatic rings. The topological polar surface area (TPSA) is 44.8 Å². The Bertz CT molecular complexity index is 279. The number of nitrogens with one attached hydrogen (secondary N) is 1. The normalized spacial score (nSPS) is 28.2. The maximum absolute atomic E-state index is 11.9. The molecule has 0 radical (unpaired) electrons. The number of hydrogen-bond acceptors (Lipinski definition) is 5. The van der Waals surface area contributed by atoms with Crippen LogP contribution in [0.5, 0.6) is 0 Å². The van der Waals surface area contributed by atoms with Crippen molar-refractivity contribution in [1.82, 2.24) is 15.1 Å². The highest BCUT2D eigenvalue weighted by molar-refractivity contribution is 5.76. The van der Waals surface area contributed by atoms with Crippen LogP contribution >= 0.6 is 0 Å². The Morgan fingerprint density at radius 3 is 2.72 bits per heavy atom. The van der Waals surface area contributed by atoms with Crippen LogP contribution in [0.4, 0.5) is 0 Å². The van der Waals surface area contributed by atoms with Gasteiger partial charge in [0.15, 0.2) is 0 Å². The van der Waals surface area contributed by atoms with Gasteiger partial charge in [-0.05, 0) is 39.9 Å². The summed E-state index contributed by atoms with van der Waals surface area (Å²) in [6.07, 6.45) is 2.39. The average molecular weight is 255 g/mol. The third-order valence-corrected chi connectivity index (χ3v) is 4.06. The van der Waals surface area contributed by atoms with Crippen molar-refractivity contribution in [3.8, 4) is 0 Å². The molecule has 0 spiro atoms. The zero-order valence-electron chi connectivity index (χ0n) is 11.5. The molecule has 104 valence electrons. The van der Waals surface area contributed by atoms with Crippen LogP contribution in [0.15, 0.2) is 0 Å². The van der Waals surface area contributed by atoms with Crippen LogP contribution in [-0.4, -0.2) is 74.2 Å². The SMILES string of the molecule is CCOC(=O)C1CN(C2CCNCC2)CCN1C. The summed E-state index contributed by atoms with van der Waals surface area (Å²) in [5.41, 5.74) is 0. The molecule has 0 amide bonds. The first kappa shape index (κ1) is 13.8. The maximum atomic E-state index is 11.9. The van der Waals surface area contributed by atoms with Crippen LogP contribution < -0.4 is 5.32 Å². The van der Waals surface area contributed by atoms with Gasteiger partial charge in [0.25, 0.3) is 0 Å². The molecule has 0 saturated carbocycles. The Balaban J connectivity index is 1.92. The lowest BCUT2D eigenvalue weighted by molar-refractivity contribution is -0.151. The highest BCUT2D eigenvalue weighted by Gasteiger charge is 2.34. The standard InChI is InChI=1S/C13H25N3O2/c1-3-18-13(17)12-10-16(9-8-15(12)2)11-4-6-14-7-5-11/h11-12,14H,3-10H2,1-2H3. The van der Waals surface area contributed by atoms with E-state index < -0.39 is 0 Å². The van der Waals surface area contributed by atoms with E-state index in [1.165, 1.54) is 12.8 Å². The quantitative estimate of drug-likeness (QED) is 0.715. The van der Waals surface area contributed by atoms with Gasteiger partial charge < -0.3 is 10.1 Å². The number of nitrogens with zero attached hydrogens (tertiary/aromatic N) is 2. The van der Waals surface area contributed by atoms with Gasteiger partial charge >= 0.3 is 5.97 Å². The highest BCUT2D eigenvalue weighted by Crippen LogP contribution is 2.17. The van der Waals surface area contributed by atoms with Gasteiger partial charge in [0.1, 0.15) is 6.04 Å². The van der Waals surface area contributed by atoms with Crippen molar-refractivity contribution in [3.05, 3.63) is 0 Å². The van der Waals surface area contributed by atoms with E-state index in [2.05, 4.69) is 15.1 Å². The number of rotatable bonds is 3. The minimum Gasteiger partial charge on any atom is -0.465 e. The second kappa shape index (κ2) is 6.50. The predicted octanol–water partition coefficient (Wildman–Crippen LogP) is -0.0825. The molecule has 2 aliphatic rings. The van der Waals surface area contributed by atoms with Crippen LogP contribution in [-0.2, 0) is 9.53 Å². The van der Waals surface area contributed by atoms with Crippen LogP contribution in [0, 0.1) is 0 Å². The molecule has 2 aliphatic heterocycles. The Kier molecular flexibility index (Phi) is 4.97. The third kappa shape index (κ3) is 3.22. The molecule has 2 saturated heterocycles. The summed E-state index contributed by atoms with van der Waals surface area (Å²) in [7, 11) is 2.02. The minimum atomic E-state index is -0.0893. The van der Waals surface area contributed by atoms with E-state index in [9.17, 15) is 4.79 Å². The molecule has 0 bridgehead atoms. The zero-order valence-corrected chi connectivity index (χ0v) is 11.5. The van der Waals surface area contributed by atoms with Gasteiger partial charge in [0, 0.05) is 25.7 Å². The van der Waals surface area contributed by atoms with Crippen LogP contribution in [0.1, 0.15) is 19.8 Å². The van der Waals surface area contributed by atoms with E-state index in [0.717, 1.165) is 32.7 Å². The van der Waals surface area contributed by atoms with Crippen molar-refractivity contribution in [2.45, 2.75) is 31.8 Å². The molecular formula is C13H25N3O2. The van der Waals surface area contributed by atoms with Crippen molar-refractivity contribution in [3.63, 3.8) is 0 Å². The highest BCUT2D eigenvalue weighted by atomic mass is 16.5. The molecule has 5 nitrogen and oxygen atoms in total. The van der Waals surface area contributed by atoms with Gasteiger partial charge in [-0.25, -0.2) is 0 Å². The molecule has 0 aromatic heterocycles. The molecule has 0 aromatic carbocycles. The zero-order chi connectivity index (χ0) is 13.0. The Labute approximate surface area is 109 Å². The molecule has 18 heavy (non-hydrogen) atoms. The summed E-state index contributed by atoms with van der Waals surface area (Å²) in [6, 6.07) is 0.547. The van der Waals surface area contributed by atoms with Crippen molar-refractivity contribution < 1.29 is 9.53 Å². The molecule has 1 atom stereocenters. The summed E-state index contributed by atoms with van der Waals surface area (Å²) in [6.45, 7) is 7.37. The average Bonchev–Trinajstić information content (AvgIpc) is 2.40. The maximum Gasteiger partial charge on any atom is 0.324 e. The number of carbonyl (C=O) groups excluding carboxylic acids is 1. The van der Waals surface area contributed by atoms with Crippen LogP contribution in [0.25, 0.3) is 0 Å². The lowest BCUT2D eigenvalue weighted by atomic mass is 10.0. The van der Waals surface area contributed by atoms with Crippen molar-refractivity contribution in [2.24, 2.45) is 0 Å². The van der Waals surface area contributed by atoms with Gasteiger partial charge in [0.2, 0.25) is 0 Å². The molecule has 0 aliphatic carbocycles. The van der Waals surface area contributed by atoms with E-state index in [1.807, 2.05) is 14.0 Å². The summed E-state index contributed by atoms with van der Waals surface area (Å²) in [5, 5.41) is 3.39. The molecule has 1 unspecified atom stereocenters. The Morgan fingerprint density at radius 2 is 2.06 bits per heavy atom. The van der Waals surface area contributed by atoms with E-state index in [-0.39, 0.29) is 12.0 Å². The van der Waals surface area contributed by atoms with Gasteiger partial charge in [-0.2, -0.15) is 0 Å². The molecule has 2 rings (SSSR count). The van der Waals surface area contributed by atoms with Gasteiger partial charge in [0.05, 0.1) is 6.61 Å². The van der Waals surface area contributed by atoms with E-state index in [0.29, 0.717) is 12.6 Å². The van der Waals surface area contributed by atoms with Gasteiger partial charge in [-0.3, -0.25) is 14.6 Å². The second-order valence-electron chi connectivity index (χ2n) is 5.22. The van der Waals surface area contributed by atoms with E-state index >= 15 is 0 Å². The number of hydrogen-bond donors (Lipinski definition) is 1. The largest absolute Gasteiger partial charge is 0.465 e. The number of esters is 1. The molecule has 2 fully saturated rings. The number of ether oxygens (including phenoxy) is 1. The summed E-state index contributed by atoms with van der Waals surface area (Å²) in [5.74, 6) is -0.0707. The molecule has 1 N–H and O–H groups in total.